The molecule has 1 saturated carbocycles. The SMILES string of the molecule is CC(C)C[C@H]1NC(=O)[C@@H](C)N(C)C(=O)[C@H](C2CC2)NCC(C)Oc2ccccc2CC[C@H](C)NC1=O. The zero-order chi connectivity index (χ0) is 26.4. The molecule has 8 nitrogen and oxygen atoms in total. The molecule has 8 heteroatoms. The van der Waals surface area contributed by atoms with Gasteiger partial charge in [0.25, 0.3) is 0 Å². The van der Waals surface area contributed by atoms with Gasteiger partial charge in [0.05, 0.1) is 6.04 Å². The first kappa shape index (κ1) is 28.0. The fourth-order valence-electron chi connectivity index (χ4n) is 4.63. The van der Waals surface area contributed by atoms with Crippen molar-refractivity contribution in [1.82, 2.24) is 20.9 Å². The second-order valence-electron chi connectivity index (χ2n) is 11.0. The molecule has 0 saturated heterocycles. The van der Waals surface area contributed by atoms with Gasteiger partial charge in [0.1, 0.15) is 23.9 Å². The number of ether oxygens (including phenoxy) is 1. The smallest absolute Gasteiger partial charge is 0.243 e. The second-order valence-corrected chi connectivity index (χ2v) is 11.0. The van der Waals surface area contributed by atoms with Gasteiger partial charge in [-0.3, -0.25) is 14.4 Å². The summed E-state index contributed by atoms with van der Waals surface area (Å²) in [5.41, 5.74) is 1.09. The molecule has 5 atom stereocenters. The molecule has 2 aliphatic rings. The highest BCUT2D eigenvalue weighted by Gasteiger charge is 2.39. The van der Waals surface area contributed by atoms with E-state index in [1.165, 1.54) is 4.90 Å². The lowest BCUT2D eigenvalue weighted by Crippen LogP contribution is -2.57. The van der Waals surface area contributed by atoms with Crippen molar-refractivity contribution in [2.45, 2.75) is 97.0 Å². The monoisotopic (exact) mass is 500 g/mol. The largest absolute Gasteiger partial charge is 0.489 e. The Balaban J connectivity index is 1.86. The summed E-state index contributed by atoms with van der Waals surface area (Å²) in [5, 5.41) is 9.42. The van der Waals surface area contributed by atoms with Gasteiger partial charge in [-0.2, -0.15) is 0 Å². The maximum Gasteiger partial charge on any atom is 0.243 e. The second kappa shape index (κ2) is 12.6. The predicted molar refractivity (Wildman–Crippen MR) is 141 cm³/mol. The van der Waals surface area contributed by atoms with Crippen LogP contribution in [0, 0.1) is 11.8 Å². The molecule has 200 valence electrons. The maximum absolute atomic E-state index is 13.4. The van der Waals surface area contributed by atoms with Crippen molar-refractivity contribution in [2.24, 2.45) is 11.8 Å². The molecule has 3 rings (SSSR count). The van der Waals surface area contributed by atoms with Gasteiger partial charge >= 0.3 is 0 Å². The first-order chi connectivity index (χ1) is 17.1. The highest BCUT2D eigenvalue weighted by Crippen LogP contribution is 2.33. The van der Waals surface area contributed by atoms with Crippen LogP contribution in [0.1, 0.15) is 65.9 Å². The number of hydrogen-bond acceptors (Lipinski definition) is 5. The topological polar surface area (TPSA) is 99.8 Å². The van der Waals surface area contributed by atoms with Crippen molar-refractivity contribution >= 4 is 17.7 Å². The lowest BCUT2D eigenvalue weighted by atomic mass is 10.0. The molecule has 1 aliphatic heterocycles. The van der Waals surface area contributed by atoms with E-state index in [4.69, 9.17) is 4.74 Å². The Morgan fingerprint density at radius 3 is 2.36 bits per heavy atom. The molecule has 0 spiro atoms. The molecule has 1 heterocycles. The number of carbonyl (C=O) groups is 3. The molecule has 1 aromatic rings. The summed E-state index contributed by atoms with van der Waals surface area (Å²) in [6.45, 7) is 10.3. The van der Waals surface area contributed by atoms with Crippen LogP contribution in [0.25, 0.3) is 0 Å². The fraction of sp³-hybridized carbons (Fsp3) is 0.679. The number of hydrogen-bond donors (Lipinski definition) is 3. The Kier molecular flexibility index (Phi) is 9.77. The summed E-state index contributed by atoms with van der Waals surface area (Å²) < 4.78 is 6.27. The number of rotatable bonds is 3. The molecular weight excluding hydrogens is 456 g/mol. The van der Waals surface area contributed by atoms with Gasteiger partial charge in [0, 0.05) is 19.6 Å². The summed E-state index contributed by atoms with van der Waals surface area (Å²) in [5.74, 6) is 0.700. The third-order valence-corrected chi connectivity index (χ3v) is 7.17. The van der Waals surface area contributed by atoms with E-state index >= 15 is 0 Å². The summed E-state index contributed by atoms with van der Waals surface area (Å²) in [6.07, 6.45) is 3.87. The Morgan fingerprint density at radius 1 is 1.00 bits per heavy atom. The molecule has 36 heavy (non-hydrogen) atoms. The summed E-state index contributed by atoms with van der Waals surface area (Å²) in [6, 6.07) is 6.20. The summed E-state index contributed by atoms with van der Waals surface area (Å²) >= 11 is 0. The molecule has 3 N–H and O–H groups in total. The molecule has 1 fully saturated rings. The first-order valence-electron chi connectivity index (χ1n) is 13.4. The third kappa shape index (κ3) is 7.69. The Hall–Kier alpha value is -2.61. The number of fused-ring (bicyclic) bond motifs is 1. The number of carbonyl (C=O) groups excluding carboxylic acids is 3. The summed E-state index contributed by atoms with van der Waals surface area (Å²) in [7, 11) is 1.66. The van der Waals surface area contributed by atoms with Crippen molar-refractivity contribution in [3.05, 3.63) is 29.8 Å². The summed E-state index contributed by atoms with van der Waals surface area (Å²) in [4.78, 5) is 41.2. The van der Waals surface area contributed by atoms with E-state index < -0.39 is 12.1 Å². The van der Waals surface area contributed by atoms with Crippen LogP contribution in [0.15, 0.2) is 24.3 Å². The number of amides is 3. The molecule has 0 radical (unpaired) electrons. The van der Waals surface area contributed by atoms with E-state index in [-0.39, 0.29) is 47.7 Å². The average Bonchev–Trinajstić information content (AvgIpc) is 3.66. The van der Waals surface area contributed by atoms with E-state index in [0.29, 0.717) is 13.0 Å². The van der Waals surface area contributed by atoms with Crippen LogP contribution in [-0.2, 0) is 20.8 Å². The lowest BCUT2D eigenvalue weighted by Gasteiger charge is -2.31. The molecular formula is C28H44N4O4. The van der Waals surface area contributed by atoms with Crippen LogP contribution >= 0.6 is 0 Å². The van der Waals surface area contributed by atoms with E-state index in [9.17, 15) is 14.4 Å². The number of nitrogens with zero attached hydrogens (tertiary/aromatic N) is 1. The van der Waals surface area contributed by atoms with Gasteiger partial charge in [0.2, 0.25) is 17.7 Å². The third-order valence-electron chi connectivity index (χ3n) is 7.17. The minimum Gasteiger partial charge on any atom is -0.489 e. The zero-order valence-electron chi connectivity index (χ0n) is 22.7. The normalized spacial score (nSPS) is 29.5. The standard InChI is InChI=1S/C28H44N4O4/c1-17(2)15-23-27(34)30-18(3)11-12-21-9-7-8-10-24(21)36-19(4)16-29-25(22-13-14-22)28(35)32(6)20(5)26(33)31-23/h7-10,17-20,22-23,25,29H,11-16H2,1-6H3,(H,30,34)(H,31,33)/t18-,19?,20+,23+,25-/m0/s1. The van der Waals surface area contributed by atoms with Crippen LogP contribution in [0.2, 0.25) is 0 Å². The maximum atomic E-state index is 13.4. The highest BCUT2D eigenvalue weighted by molar-refractivity contribution is 5.93. The van der Waals surface area contributed by atoms with E-state index in [0.717, 1.165) is 37.0 Å². The molecule has 3 amide bonds. The highest BCUT2D eigenvalue weighted by atomic mass is 16.5. The van der Waals surface area contributed by atoms with Crippen LogP contribution in [0.3, 0.4) is 0 Å². The van der Waals surface area contributed by atoms with Gasteiger partial charge in [-0.05, 0) is 76.3 Å². The van der Waals surface area contributed by atoms with Gasteiger partial charge in [-0.1, -0.05) is 32.0 Å². The van der Waals surface area contributed by atoms with Crippen LogP contribution in [0.5, 0.6) is 5.75 Å². The lowest BCUT2D eigenvalue weighted by molar-refractivity contribution is -0.141. The minimum absolute atomic E-state index is 0.0731. The van der Waals surface area contributed by atoms with Crippen LogP contribution in [-0.4, -0.2) is 66.5 Å². The molecule has 1 aromatic carbocycles. The minimum atomic E-state index is -0.695. The first-order valence-corrected chi connectivity index (χ1v) is 13.4. The molecule has 1 aliphatic carbocycles. The number of likely N-dealkylation sites (N-methyl/N-ethyl adjacent to an activating group) is 1. The van der Waals surface area contributed by atoms with Crippen LogP contribution < -0.4 is 20.7 Å². The quantitative estimate of drug-likeness (QED) is 0.593. The molecule has 0 aromatic heterocycles. The molecule has 1 unspecified atom stereocenters. The van der Waals surface area contributed by atoms with E-state index in [2.05, 4.69) is 22.0 Å². The van der Waals surface area contributed by atoms with Crippen molar-refractivity contribution in [3.63, 3.8) is 0 Å². The van der Waals surface area contributed by atoms with Crippen molar-refractivity contribution in [1.29, 1.82) is 0 Å². The zero-order valence-corrected chi connectivity index (χ0v) is 22.7. The van der Waals surface area contributed by atoms with Gasteiger partial charge < -0.3 is 25.6 Å². The van der Waals surface area contributed by atoms with Gasteiger partial charge in [-0.25, -0.2) is 0 Å². The predicted octanol–water partition coefficient (Wildman–Crippen LogP) is 2.65. The Labute approximate surface area is 215 Å². The Bertz CT molecular complexity index is 917. The van der Waals surface area contributed by atoms with Crippen molar-refractivity contribution < 1.29 is 19.1 Å². The van der Waals surface area contributed by atoms with E-state index in [1.807, 2.05) is 45.9 Å². The number of aryl methyl sites for hydroxylation is 1. The molecule has 0 bridgehead atoms. The van der Waals surface area contributed by atoms with E-state index in [1.54, 1.807) is 14.0 Å². The average molecular weight is 501 g/mol. The fourth-order valence-corrected chi connectivity index (χ4v) is 4.63. The van der Waals surface area contributed by atoms with Crippen molar-refractivity contribution in [2.75, 3.05) is 13.6 Å². The number of nitrogens with one attached hydrogen (secondary N) is 3. The number of benzene rings is 1. The van der Waals surface area contributed by atoms with Gasteiger partial charge in [-0.15, -0.1) is 0 Å². The Morgan fingerprint density at radius 2 is 1.69 bits per heavy atom. The van der Waals surface area contributed by atoms with Crippen LogP contribution in [0.4, 0.5) is 0 Å². The van der Waals surface area contributed by atoms with Gasteiger partial charge in [0.15, 0.2) is 0 Å². The van der Waals surface area contributed by atoms with Crippen molar-refractivity contribution in [3.8, 4) is 5.75 Å². The number of para-hydroxylation sites is 1.